The average Bonchev–Trinajstić information content (AvgIpc) is 3.21. The van der Waals surface area contributed by atoms with E-state index in [9.17, 15) is 9.90 Å². The van der Waals surface area contributed by atoms with Gasteiger partial charge in [-0.15, -0.1) is 0 Å². The van der Waals surface area contributed by atoms with Crippen LogP contribution in [0.15, 0.2) is 12.4 Å². The molecule has 0 amide bonds. The molecule has 7 nitrogen and oxygen atoms in total. The zero-order chi connectivity index (χ0) is 19.0. The molecule has 0 radical (unpaired) electrons. The van der Waals surface area contributed by atoms with Gasteiger partial charge >= 0.3 is 5.97 Å². The van der Waals surface area contributed by atoms with Gasteiger partial charge in [0.15, 0.2) is 0 Å². The molecule has 3 heterocycles. The molecule has 7 heteroatoms. The maximum Gasteiger partial charge on any atom is 0.311 e. The number of aromatic nitrogens is 2. The van der Waals surface area contributed by atoms with Crippen LogP contribution in [0.1, 0.15) is 46.0 Å². The Kier molecular flexibility index (Phi) is 4.97. The first-order chi connectivity index (χ1) is 13.0. The third-order valence-corrected chi connectivity index (χ3v) is 6.63. The molecule has 0 aromatic carbocycles. The van der Waals surface area contributed by atoms with Crippen molar-refractivity contribution in [3.63, 3.8) is 0 Å². The van der Waals surface area contributed by atoms with Gasteiger partial charge in [0.25, 0.3) is 0 Å². The van der Waals surface area contributed by atoms with Crippen molar-refractivity contribution in [1.82, 2.24) is 9.97 Å². The predicted octanol–water partition coefficient (Wildman–Crippen LogP) is 2.78. The van der Waals surface area contributed by atoms with Gasteiger partial charge in [0, 0.05) is 25.8 Å². The van der Waals surface area contributed by atoms with Crippen LogP contribution in [0.5, 0.6) is 0 Å². The summed E-state index contributed by atoms with van der Waals surface area (Å²) in [5.74, 6) is 1.62. The van der Waals surface area contributed by atoms with E-state index in [1.165, 1.54) is 0 Å². The highest BCUT2D eigenvalue weighted by atomic mass is 16.5. The van der Waals surface area contributed by atoms with Crippen molar-refractivity contribution < 1.29 is 14.6 Å². The van der Waals surface area contributed by atoms with E-state index in [0.29, 0.717) is 12.5 Å². The molecule has 1 aliphatic carbocycles. The summed E-state index contributed by atoms with van der Waals surface area (Å²) in [6, 6.07) is 2.20. The molecule has 4 rings (SSSR count). The largest absolute Gasteiger partial charge is 0.481 e. The van der Waals surface area contributed by atoms with E-state index in [2.05, 4.69) is 34.0 Å². The zero-order valence-electron chi connectivity index (χ0n) is 16.2. The number of nitrogens with zero attached hydrogens (tertiary/aromatic N) is 3. The van der Waals surface area contributed by atoms with Gasteiger partial charge < -0.3 is 20.1 Å². The van der Waals surface area contributed by atoms with Gasteiger partial charge in [-0.2, -0.15) is 0 Å². The van der Waals surface area contributed by atoms with Crippen LogP contribution >= 0.6 is 0 Å². The lowest BCUT2D eigenvalue weighted by Crippen LogP contribution is -2.43. The van der Waals surface area contributed by atoms with Crippen molar-refractivity contribution in [2.75, 3.05) is 29.9 Å². The molecule has 2 aliphatic heterocycles. The molecule has 1 aromatic heterocycles. The summed E-state index contributed by atoms with van der Waals surface area (Å²) in [4.78, 5) is 22.9. The van der Waals surface area contributed by atoms with Crippen molar-refractivity contribution in [1.29, 1.82) is 0 Å². The Morgan fingerprint density at radius 1 is 1.37 bits per heavy atom. The first-order valence-electron chi connectivity index (χ1n) is 10.2. The molecule has 2 unspecified atom stereocenters. The molecule has 3 fully saturated rings. The van der Waals surface area contributed by atoms with E-state index in [-0.39, 0.29) is 18.1 Å². The molecule has 1 saturated carbocycles. The number of anilines is 2. The molecular formula is C20H30N4O3. The second kappa shape index (κ2) is 7.26. The summed E-state index contributed by atoms with van der Waals surface area (Å²) >= 11 is 0. The number of aliphatic carboxylic acids is 1. The van der Waals surface area contributed by atoms with E-state index in [1.54, 1.807) is 6.33 Å². The fraction of sp³-hybridized carbons (Fsp3) is 0.750. The molecule has 0 bridgehead atoms. The van der Waals surface area contributed by atoms with Crippen LogP contribution in [0.3, 0.4) is 0 Å². The zero-order valence-corrected chi connectivity index (χ0v) is 16.2. The van der Waals surface area contributed by atoms with E-state index in [0.717, 1.165) is 56.9 Å². The lowest BCUT2D eigenvalue weighted by Gasteiger charge is -2.35. The molecule has 4 atom stereocenters. The number of fused-ring (bicyclic) bond motifs is 1. The van der Waals surface area contributed by atoms with Crippen LogP contribution < -0.4 is 10.2 Å². The molecular weight excluding hydrogens is 344 g/mol. The minimum absolute atomic E-state index is 0.179. The SMILES string of the molecule is CC(C)C1OCCCC1Nc1cc(N2C[C@@H]3CCC[C@@]3(C(=O)O)C2)ncn1. The Hall–Kier alpha value is -1.89. The van der Waals surface area contributed by atoms with Gasteiger partial charge in [0.2, 0.25) is 0 Å². The normalized spacial score (nSPS) is 33.3. The summed E-state index contributed by atoms with van der Waals surface area (Å²) in [7, 11) is 0. The van der Waals surface area contributed by atoms with Crippen LogP contribution in [0, 0.1) is 17.3 Å². The Bertz CT molecular complexity index is 698. The summed E-state index contributed by atoms with van der Waals surface area (Å²) in [6.07, 6.45) is 6.65. The molecule has 148 valence electrons. The lowest BCUT2D eigenvalue weighted by molar-refractivity contribution is -0.149. The smallest absolute Gasteiger partial charge is 0.311 e. The molecule has 1 aromatic rings. The van der Waals surface area contributed by atoms with Crippen molar-refractivity contribution >= 4 is 17.6 Å². The Labute approximate surface area is 160 Å². The Balaban J connectivity index is 1.49. The number of rotatable bonds is 5. The summed E-state index contributed by atoms with van der Waals surface area (Å²) in [5, 5.41) is 13.3. The van der Waals surface area contributed by atoms with Crippen LogP contribution in [-0.2, 0) is 9.53 Å². The van der Waals surface area contributed by atoms with Crippen molar-refractivity contribution in [2.24, 2.45) is 17.3 Å². The standard InChI is InChI=1S/C20H30N4O3/c1-13(2)18-15(6-4-8-27-18)23-16-9-17(22-12-21-16)24-10-14-5-3-7-20(14,11-24)19(25)26/h9,12-15,18H,3-8,10-11H2,1-2H3,(H,25,26)(H,21,22,23)/t14-,15?,18?,20+/m0/s1. The fourth-order valence-electron chi connectivity index (χ4n) is 5.22. The Morgan fingerprint density at radius 3 is 2.96 bits per heavy atom. The molecule has 3 aliphatic rings. The monoisotopic (exact) mass is 374 g/mol. The minimum atomic E-state index is -0.654. The summed E-state index contributed by atoms with van der Waals surface area (Å²) in [5.41, 5.74) is -0.599. The van der Waals surface area contributed by atoms with Crippen LogP contribution in [0.4, 0.5) is 11.6 Å². The van der Waals surface area contributed by atoms with Crippen molar-refractivity contribution in [3.05, 3.63) is 12.4 Å². The second-order valence-electron chi connectivity index (χ2n) is 8.66. The molecule has 2 saturated heterocycles. The number of carbonyl (C=O) groups is 1. The fourth-order valence-corrected chi connectivity index (χ4v) is 5.22. The number of ether oxygens (including phenoxy) is 1. The third kappa shape index (κ3) is 3.37. The highest BCUT2D eigenvalue weighted by molar-refractivity contribution is 5.78. The predicted molar refractivity (Wildman–Crippen MR) is 103 cm³/mol. The second-order valence-corrected chi connectivity index (χ2v) is 8.66. The lowest BCUT2D eigenvalue weighted by atomic mass is 9.81. The number of carboxylic acid groups (broad SMARTS) is 1. The maximum absolute atomic E-state index is 11.9. The average molecular weight is 374 g/mol. The van der Waals surface area contributed by atoms with Gasteiger partial charge in [-0.05, 0) is 37.5 Å². The number of hydrogen-bond acceptors (Lipinski definition) is 6. The van der Waals surface area contributed by atoms with Crippen LogP contribution in [0.2, 0.25) is 0 Å². The van der Waals surface area contributed by atoms with Crippen molar-refractivity contribution in [3.8, 4) is 0 Å². The van der Waals surface area contributed by atoms with Gasteiger partial charge in [0.05, 0.1) is 17.6 Å². The first-order valence-corrected chi connectivity index (χ1v) is 10.2. The highest BCUT2D eigenvalue weighted by Crippen LogP contribution is 2.49. The van der Waals surface area contributed by atoms with E-state index in [1.807, 2.05) is 6.07 Å². The van der Waals surface area contributed by atoms with Gasteiger partial charge in [-0.25, -0.2) is 9.97 Å². The quantitative estimate of drug-likeness (QED) is 0.819. The number of carboxylic acids is 1. The van der Waals surface area contributed by atoms with Gasteiger partial charge in [0.1, 0.15) is 18.0 Å². The summed E-state index contributed by atoms with van der Waals surface area (Å²) < 4.78 is 5.96. The highest BCUT2D eigenvalue weighted by Gasteiger charge is 2.55. The topological polar surface area (TPSA) is 87.6 Å². The van der Waals surface area contributed by atoms with E-state index >= 15 is 0 Å². The number of nitrogens with one attached hydrogen (secondary N) is 1. The molecule has 2 N–H and O–H groups in total. The van der Waals surface area contributed by atoms with Gasteiger partial charge in [-0.3, -0.25) is 4.79 Å². The summed E-state index contributed by atoms with van der Waals surface area (Å²) in [6.45, 7) is 6.51. The third-order valence-electron chi connectivity index (χ3n) is 6.63. The van der Waals surface area contributed by atoms with E-state index in [4.69, 9.17) is 4.74 Å². The minimum Gasteiger partial charge on any atom is -0.481 e. The Morgan fingerprint density at radius 2 is 2.22 bits per heavy atom. The molecule has 0 spiro atoms. The van der Waals surface area contributed by atoms with E-state index < -0.39 is 11.4 Å². The maximum atomic E-state index is 11.9. The van der Waals surface area contributed by atoms with Gasteiger partial charge in [-0.1, -0.05) is 20.3 Å². The van der Waals surface area contributed by atoms with Crippen molar-refractivity contribution in [2.45, 2.75) is 58.1 Å². The number of hydrogen-bond donors (Lipinski definition) is 2. The first kappa shape index (κ1) is 18.5. The van der Waals surface area contributed by atoms with Crippen LogP contribution in [0.25, 0.3) is 0 Å². The van der Waals surface area contributed by atoms with Crippen LogP contribution in [-0.4, -0.2) is 52.9 Å². The molecule has 27 heavy (non-hydrogen) atoms.